The SMILES string of the molecule is CC(=O)c1ccc(C)c(NS(=O)(=O)CCc2ccccc2)c1. The van der Waals surface area contributed by atoms with Gasteiger partial charge < -0.3 is 0 Å². The van der Waals surface area contributed by atoms with Gasteiger partial charge in [-0.25, -0.2) is 8.42 Å². The number of carbonyl (C=O) groups excluding carboxylic acids is 1. The van der Waals surface area contributed by atoms with Crippen molar-refractivity contribution in [1.29, 1.82) is 0 Å². The minimum Gasteiger partial charge on any atom is -0.295 e. The molecule has 1 N–H and O–H groups in total. The molecule has 0 unspecified atom stereocenters. The van der Waals surface area contributed by atoms with E-state index >= 15 is 0 Å². The van der Waals surface area contributed by atoms with Crippen molar-refractivity contribution >= 4 is 21.5 Å². The van der Waals surface area contributed by atoms with E-state index in [1.165, 1.54) is 6.92 Å². The normalized spacial score (nSPS) is 11.2. The highest BCUT2D eigenvalue weighted by Gasteiger charge is 2.13. The van der Waals surface area contributed by atoms with Crippen LogP contribution in [0.1, 0.15) is 28.4 Å². The molecule has 0 radical (unpaired) electrons. The second-order valence-corrected chi connectivity index (χ2v) is 7.08. The van der Waals surface area contributed by atoms with Crippen molar-refractivity contribution in [1.82, 2.24) is 0 Å². The van der Waals surface area contributed by atoms with E-state index in [4.69, 9.17) is 0 Å². The quantitative estimate of drug-likeness (QED) is 0.832. The lowest BCUT2D eigenvalue weighted by atomic mass is 10.1. The van der Waals surface area contributed by atoms with Crippen LogP contribution in [0.25, 0.3) is 0 Å². The zero-order chi connectivity index (χ0) is 16.2. The molecule has 2 rings (SSSR count). The summed E-state index contributed by atoms with van der Waals surface area (Å²) in [5.41, 5.74) is 2.71. The molecule has 22 heavy (non-hydrogen) atoms. The van der Waals surface area contributed by atoms with Crippen LogP contribution < -0.4 is 4.72 Å². The van der Waals surface area contributed by atoms with E-state index < -0.39 is 10.0 Å². The molecule has 0 spiro atoms. The molecule has 0 heterocycles. The monoisotopic (exact) mass is 317 g/mol. The first-order valence-corrected chi connectivity index (χ1v) is 8.68. The van der Waals surface area contributed by atoms with Gasteiger partial charge in [-0.2, -0.15) is 0 Å². The summed E-state index contributed by atoms with van der Waals surface area (Å²) in [6.07, 6.45) is 0.446. The third-order valence-electron chi connectivity index (χ3n) is 3.41. The summed E-state index contributed by atoms with van der Waals surface area (Å²) in [5.74, 6) is -0.0921. The molecule has 0 atom stereocenters. The van der Waals surface area contributed by atoms with Crippen molar-refractivity contribution in [3.8, 4) is 0 Å². The second kappa shape index (κ2) is 6.75. The van der Waals surface area contributed by atoms with E-state index in [9.17, 15) is 13.2 Å². The van der Waals surface area contributed by atoms with Crippen molar-refractivity contribution in [2.24, 2.45) is 0 Å². The Labute approximate surface area is 131 Å². The third-order valence-corrected chi connectivity index (χ3v) is 4.68. The maximum atomic E-state index is 12.2. The number of sulfonamides is 1. The van der Waals surface area contributed by atoms with Gasteiger partial charge in [-0.3, -0.25) is 9.52 Å². The van der Waals surface area contributed by atoms with Crippen LogP contribution in [0.2, 0.25) is 0 Å². The van der Waals surface area contributed by atoms with Gasteiger partial charge in [-0.05, 0) is 37.5 Å². The number of nitrogens with one attached hydrogen (secondary N) is 1. The number of ketones is 1. The van der Waals surface area contributed by atoms with E-state index in [2.05, 4.69) is 4.72 Å². The van der Waals surface area contributed by atoms with Gasteiger partial charge in [0.05, 0.1) is 11.4 Å². The fraction of sp³-hybridized carbons (Fsp3) is 0.235. The number of hydrogen-bond donors (Lipinski definition) is 1. The summed E-state index contributed by atoms with van der Waals surface area (Å²) >= 11 is 0. The predicted octanol–water partition coefficient (Wildman–Crippen LogP) is 3.18. The first kappa shape index (κ1) is 16.2. The lowest BCUT2D eigenvalue weighted by Crippen LogP contribution is -2.19. The van der Waals surface area contributed by atoms with Crippen LogP contribution in [0.4, 0.5) is 5.69 Å². The third kappa shape index (κ3) is 4.43. The van der Waals surface area contributed by atoms with Crippen molar-refractivity contribution < 1.29 is 13.2 Å². The van der Waals surface area contributed by atoms with Crippen molar-refractivity contribution in [2.45, 2.75) is 20.3 Å². The van der Waals surface area contributed by atoms with Gasteiger partial charge in [-0.15, -0.1) is 0 Å². The van der Waals surface area contributed by atoms with E-state index in [0.29, 0.717) is 17.7 Å². The van der Waals surface area contributed by atoms with Crippen LogP contribution in [0, 0.1) is 6.92 Å². The molecule has 0 fully saturated rings. The van der Waals surface area contributed by atoms with E-state index in [1.54, 1.807) is 25.1 Å². The maximum absolute atomic E-state index is 12.2. The molecule has 0 bridgehead atoms. The van der Waals surface area contributed by atoms with Crippen LogP contribution in [0.3, 0.4) is 0 Å². The Morgan fingerprint density at radius 3 is 2.41 bits per heavy atom. The van der Waals surface area contributed by atoms with Gasteiger partial charge in [0.2, 0.25) is 10.0 Å². The molecule has 116 valence electrons. The lowest BCUT2D eigenvalue weighted by molar-refractivity contribution is 0.101. The summed E-state index contributed by atoms with van der Waals surface area (Å²) in [6.45, 7) is 3.26. The predicted molar refractivity (Wildman–Crippen MR) is 88.7 cm³/mol. The number of carbonyl (C=O) groups is 1. The molecule has 0 aliphatic carbocycles. The Balaban J connectivity index is 2.11. The number of anilines is 1. The molecule has 5 heteroatoms. The van der Waals surface area contributed by atoms with Gasteiger partial charge in [0.1, 0.15) is 0 Å². The molecule has 0 aliphatic heterocycles. The molecular weight excluding hydrogens is 298 g/mol. The van der Waals surface area contributed by atoms with E-state index in [-0.39, 0.29) is 11.5 Å². The molecule has 0 aliphatic rings. The van der Waals surface area contributed by atoms with Crippen LogP contribution in [-0.4, -0.2) is 20.0 Å². The zero-order valence-corrected chi connectivity index (χ0v) is 13.5. The Morgan fingerprint density at radius 2 is 1.77 bits per heavy atom. The number of benzene rings is 2. The number of rotatable bonds is 6. The summed E-state index contributed by atoms with van der Waals surface area (Å²) in [4.78, 5) is 11.4. The van der Waals surface area contributed by atoms with Gasteiger partial charge in [0.15, 0.2) is 5.78 Å². The maximum Gasteiger partial charge on any atom is 0.233 e. The van der Waals surface area contributed by atoms with Crippen LogP contribution >= 0.6 is 0 Å². The van der Waals surface area contributed by atoms with Gasteiger partial charge in [-0.1, -0.05) is 42.5 Å². The Bertz CT molecular complexity index is 768. The standard InChI is InChI=1S/C17H19NO3S/c1-13-8-9-16(14(2)19)12-17(13)18-22(20,21)11-10-15-6-4-3-5-7-15/h3-9,12,18H,10-11H2,1-2H3. The molecule has 0 amide bonds. The Hall–Kier alpha value is -2.14. The zero-order valence-electron chi connectivity index (χ0n) is 12.7. The smallest absolute Gasteiger partial charge is 0.233 e. The van der Waals surface area contributed by atoms with Crippen molar-refractivity contribution in [3.05, 3.63) is 65.2 Å². The fourth-order valence-electron chi connectivity index (χ4n) is 2.07. The van der Waals surface area contributed by atoms with Gasteiger partial charge >= 0.3 is 0 Å². The first-order valence-electron chi connectivity index (χ1n) is 7.03. The Kier molecular flexibility index (Phi) is 4.98. The fourth-order valence-corrected chi connectivity index (χ4v) is 3.23. The minimum absolute atomic E-state index is 0.000746. The average molecular weight is 317 g/mol. The van der Waals surface area contributed by atoms with Gasteiger partial charge in [0.25, 0.3) is 0 Å². The average Bonchev–Trinajstić information content (AvgIpc) is 2.48. The van der Waals surface area contributed by atoms with Crippen LogP contribution in [0.5, 0.6) is 0 Å². The number of aryl methyl sites for hydroxylation is 2. The molecule has 0 saturated heterocycles. The van der Waals surface area contributed by atoms with Crippen molar-refractivity contribution in [3.63, 3.8) is 0 Å². The molecule has 4 nitrogen and oxygen atoms in total. The summed E-state index contributed by atoms with van der Waals surface area (Å²) in [6, 6.07) is 14.5. The molecule has 0 aromatic heterocycles. The summed E-state index contributed by atoms with van der Waals surface area (Å²) < 4.78 is 27.0. The number of Topliss-reactive ketones (excluding diaryl/α,β-unsaturated/α-hetero) is 1. The summed E-state index contributed by atoms with van der Waals surface area (Å²) in [5, 5.41) is 0. The molecular formula is C17H19NO3S. The molecule has 2 aromatic carbocycles. The van der Waals surface area contributed by atoms with Crippen molar-refractivity contribution in [2.75, 3.05) is 10.5 Å². The van der Waals surface area contributed by atoms with Gasteiger partial charge in [0, 0.05) is 5.56 Å². The Morgan fingerprint density at radius 1 is 1.09 bits per heavy atom. The number of hydrogen-bond acceptors (Lipinski definition) is 3. The second-order valence-electron chi connectivity index (χ2n) is 5.24. The van der Waals surface area contributed by atoms with E-state index in [1.807, 2.05) is 30.3 Å². The lowest BCUT2D eigenvalue weighted by Gasteiger charge is -2.11. The molecule has 0 saturated carbocycles. The van der Waals surface area contributed by atoms with Crippen LogP contribution in [-0.2, 0) is 16.4 Å². The minimum atomic E-state index is -3.46. The highest BCUT2D eigenvalue weighted by Crippen LogP contribution is 2.19. The largest absolute Gasteiger partial charge is 0.295 e. The topological polar surface area (TPSA) is 63.2 Å². The molecule has 2 aromatic rings. The summed E-state index contributed by atoms with van der Waals surface area (Å²) in [7, 11) is -3.46. The first-order chi connectivity index (χ1) is 10.4. The highest BCUT2D eigenvalue weighted by atomic mass is 32.2. The van der Waals surface area contributed by atoms with E-state index in [0.717, 1.165) is 11.1 Å². The highest BCUT2D eigenvalue weighted by molar-refractivity contribution is 7.92. The van der Waals surface area contributed by atoms with Crippen LogP contribution in [0.15, 0.2) is 48.5 Å².